The first-order valence-corrected chi connectivity index (χ1v) is 4.82. The van der Waals surface area contributed by atoms with Crippen molar-refractivity contribution < 1.29 is 0 Å². The second kappa shape index (κ2) is 3.22. The summed E-state index contributed by atoms with van der Waals surface area (Å²) in [7, 11) is 0. The van der Waals surface area contributed by atoms with Gasteiger partial charge in [0.15, 0.2) is 5.69 Å². The molecule has 0 amide bonds. The Labute approximate surface area is 79.2 Å². The second-order valence-electron chi connectivity index (χ2n) is 3.75. The third kappa shape index (κ3) is 1.45. The fraction of sp³-hybridized carbons (Fsp3) is 0.417. The van der Waals surface area contributed by atoms with E-state index in [-0.39, 0.29) is 0 Å². The lowest BCUT2D eigenvalue weighted by molar-refractivity contribution is 0.543. The van der Waals surface area contributed by atoms with Crippen molar-refractivity contribution in [2.75, 3.05) is 0 Å². The van der Waals surface area contributed by atoms with Crippen LogP contribution in [0.15, 0.2) is 18.2 Å². The summed E-state index contributed by atoms with van der Waals surface area (Å²) in [5, 5.41) is 0. The van der Waals surface area contributed by atoms with Crippen molar-refractivity contribution in [2.45, 2.75) is 26.2 Å². The monoisotopic (exact) mass is 171 g/mol. The van der Waals surface area contributed by atoms with Gasteiger partial charge in [0, 0.05) is 0 Å². The Morgan fingerprint density at radius 3 is 2.85 bits per heavy atom. The van der Waals surface area contributed by atoms with Crippen molar-refractivity contribution in [1.82, 2.24) is 0 Å². The third-order valence-corrected chi connectivity index (χ3v) is 2.91. The normalized spacial score (nSPS) is 19.5. The number of rotatable bonds is 1. The van der Waals surface area contributed by atoms with E-state index >= 15 is 0 Å². The molecule has 1 aromatic rings. The molecule has 1 aliphatic rings. The van der Waals surface area contributed by atoms with Gasteiger partial charge in [-0.1, -0.05) is 37.1 Å². The minimum atomic E-state index is 0.788. The molecule has 0 unspecified atom stereocenters. The molecule has 1 nitrogen and oxygen atoms in total. The Hall–Kier alpha value is -1.29. The quantitative estimate of drug-likeness (QED) is 0.571. The highest BCUT2D eigenvalue weighted by molar-refractivity contribution is 5.51. The molecular formula is C12H13N. The molecule has 66 valence electrons. The maximum atomic E-state index is 6.93. The van der Waals surface area contributed by atoms with Gasteiger partial charge < -0.3 is 0 Å². The molecule has 0 spiro atoms. The van der Waals surface area contributed by atoms with Crippen molar-refractivity contribution in [3.05, 3.63) is 40.7 Å². The van der Waals surface area contributed by atoms with Crippen molar-refractivity contribution in [2.24, 2.45) is 5.92 Å². The minimum Gasteiger partial charge on any atom is -0.238 e. The highest BCUT2D eigenvalue weighted by Gasteiger charge is 2.19. The summed E-state index contributed by atoms with van der Waals surface area (Å²) in [6.07, 6.45) is 3.64. The number of nitrogens with zero attached hydrogens (tertiary/aromatic N) is 1. The third-order valence-electron chi connectivity index (χ3n) is 2.91. The van der Waals surface area contributed by atoms with E-state index in [4.69, 9.17) is 6.57 Å². The van der Waals surface area contributed by atoms with Gasteiger partial charge in [0.2, 0.25) is 0 Å². The highest BCUT2D eigenvalue weighted by Crippen LogP contribution is 2.31. The summed E-state index contributed by atoms with van der Waals surface area (Å²) in [6, 6.07) is 6.11. The van der Waals surface area contributed by atoms with Crippen LogP contribution in [0.4, 0.5) is 5.69 Å². The Balaban J connectivity index is 2.32. The van der Waals surface area contributed by atoms with Crippen LogP contribution in [0.3, 0.4) is 0 Å². The maximum absolute atomic E-state index is 6.93. The fourth-order valence-electron chi connectivity index (χ4n) is 2.05. The maximum Gasteiger partial charge on any atom is 0.187 e. The van der Waals surface area contributed by atoms with Gasteiger partial charge in [0.05, 0.1) is 6.57 Å². The van der Waals surface area contributed by atoms with E-state index in [1.165, 1.54) is 30.4 Å². The molecule has 1 aliphatic carbocycles. The van der Waals surface area contributed by atoms with Gasteiger partial charge in [0.1, 0.15) is 0 Å². The lowest BCUT2D eigenvalue weighted by Gasteiger charge is -2.01. The summed E-state index contributed by atoms with van der Waals surface area (Å²) in [6.45, 7) is 9.17. The van der Waals surface area contributed by atoms with Crippen LogP contribution in [0, 0.1) is 12.5 Å². The standard InChI is InChI=1S/C12H13N/c1-3-9-6-10-4-5-12(13-2)8-11(10)7-9/h4-5,8-9H,3,6-7H2,1H3/t9-/m1/s1. The lowest BCUT2D eigenvalue weighted by Crippen LogP contribution is -1.95. The van der Waals surface area contributed by atoms with Gasteiger partial charge in [-0.25, -0.2) is 4.85 Å². The van der Waals surface area contributed by atoms with E-state index < -0.39 is 0 Å². The zero-order valence-corrected chi connectivity index (χ0v) is 7.88. The molecule has 1 heteroatoms. The predicted octanol–water partition coefficient (Wildman–Crippen LogP) is 3.36. The van der Waals surface area contributed by atoms with Crippen molar-refractivity contribution in [3.8, 4) is 0 Å². The molecule has 0 radical (unpaired) electrons. The molecule has 13 heavy (non-hydrogen) atoms. The van der Waals surface area contributed by atoms with Gasteiger partial charge in [-0.05, 0) is 24.3 Å². The van der Waals surface area contributed by atoms with Crippen molar-refractivity contribution in [3.63, 3.8) is 0 Å². The van der Waals surface area contributed by atoms with E-state index in [9.17, 15) is 0 Å². The molecule has 0 aromatic heterocycles. The van der Waals surface area contributed by atoms with E-state index in [0.717, 1.165) is 11.6 Å². The molecule has 0 heterocycles. The Kier molecular flexibility index (Phi) is 2.06. The molecule has 1 aromatic carbocycles. The van der Waals surface area contributed by atoms with Gasteiger partial charge in [-0.3, -0.25) is 0 Å². The van der Waals surface area contributed by atoms with Crippen LogP contribution in [0.5, 0.6) is 0 Å². The average molecular weight is 171 g/mol. The summed E-state index contributed by atoms with van der Waals surface area (Å²) < 4.78 is 0. The highest BCUT2D eigenvalue weighted by atomic mass is 14.6. The SMILES string of the molecule is [C-]#[N+]c1ccc2c(c1)C[C@H](CC)C2. The Morgan fingerprint density at radius 2 is 2.15 bits per heavy atom. The van der Waals surface area contributed by atoms with Gasteiger partial charge in [-0.2, -0.15) is 0 Å². The van der Waals surface area contributed by atoms with Gasteiger partial charge in [-0.15, -0.1) is 0 Å². The molecule has 0 aliphatic heterocycles. The molecular weight excluding hydrogens is 158 g/mol. The van der Waals surface area contributed by atoms with E-state index in [1.54, 1.807) is 0 Å². The summed E-state index contributed by atoms with van der Waals surface area (Å²) in [4.78, 5) is 3.45. The molecule has 0 fully saturated rings. The van der Waals surface area contributed by atoms with Crippen molar-refractivity contribution >= 4 is 5.69 Å². The molecule has 0 bridgehead atoms. The first-order chi connectivity index (χ1) is 6.33. The number of benzene rings is 1. The van der Waals surface area contributed by atoms with Crippen LogP contribution in [-0.4, -0.2) is 0 Å². The summed E-state index contributed by atoms with van der Waals surface area (Å²) in [5.41, 5.74) is 3.65. The van der Waals surface area contributed by atoms with Crippen LogP contribution in [-0.2, 0) is 12.8 Å². The molecule has 1 atom stereocenters. The first-order valence-electron chi connectivity index (χ1n) is 4.82. The zero-order chi connectivity index (χ0) is 9.26. The molecule has 0 N–H and O–H groups in total. The van der Waals surface area contributed by atoms with Crippen LogP contribution < -0.4 is 0 Å². The van der Waals surface area contributed by atoms with Crippen LogP contribution in [0.1, 0.15) is 24.5 Å². The van der Waals surface area contributed by atoms with Crippen LogP contribution in [0.2, 0.25) is 0 Å². The topological polar surface area (TPSA) is 4.36 Å². The molecule has 2 rings (SSSR count). The van der Waals surface area contributed by atoms with Gasteiger partial charge >= 0.3 is 0 Å². The second-order valence-corrected chi connectivity index (χ2v) is 3.75. The van der Waals surface area contributed by atoms with E-state index in [1.807, 2.05) is 6.07 Å². The smallest absolute Gasteiger partial charge is 0.187 e. The first kappa shape index (κ1) is 8.31. The summed E-state index contributed by atoms with van der Waals surface area (Å²) >= 11 is 0. The van der Waals surface area contributed by atoms with Crippen LogP contribution >= 0.6 is 0 Å². The predicted molar refractivity (Wildman–Crippen MR) is 53.9 cm³/mol. The summed E-state index contributed by atoms with van der Waals surface area (Å²) in [5.74, 6) is 0.816. The lowest BCUT2D eigenvalue weighted by atomic mass is 10.0. The minimum absolute atomic E-state index is 0.788. The largest absolute Gasteiger partial charge is 0.238 e. The van der Waals surface area contributed by atoms with E-state index in [2.05, 4.69) is 23.9 Å². The number of fused-ring (bicyclic) bond motifs is 1. The Morgan fingerprint density at radius 1 is 1.38 bits per heavy atom. The molecule has 0 saturated carbocycles. The fourth-order valence-corrected chi connectivity index (χ4v) is 2.05. The zero-order valence-electron chi connectivity index (χ0n) is 7.88. The van der Waals surface area contributed by atoms with E-state index in [0.29, 0.717) is 0 Å². The number of hydrogen-bond donors (Lipinski definition) is 0. The van der Waals surface area contributed by atoms with Gasteiger partial charge in [0.25, 0.3) is 0 Å². The van der Waals surface area contributed by atoms with Crippen molar-refractivity contribution in [1.29, 1.82) is 0 Å². The average Bonchev–Trinajstić information content (AvgIpc) is 2.58. The van der Waals surface area contributed by atoms with Crippen LogP contribution in [0.25, 0.3) is 4.85 Å². The number of hydrogen-bond acceptors (Lipinski definition) is 0. The molecule has 0 saturated heterocycles. The Bertz CT molecular complexity index is 360.